The van der Waals surface area contributed by atoms with Crippen molar-refractivity contribution in [2.75, 3.05) is 18.4 Å². The Labute approximate surface area is 175 Å². The SMILES string of the molecule is Cn1c(-c2ccccc2)nn(C[NH+]2CCC(C(=O)Nc3ccccc3)CC2)c1=S. The van der Waals surface area contributed by atoms with Crippen molar-refractivity contribution in [1.82, 2.24) is 14.3 Å². The highest BCUT2D eigenvalue weighted by Gasteiger charge is 2.28. The van der Waals surface area contributed by atoms with Gasteiger partial charge in [0.15, 0.2) is 12.5 Å². The van der Waals surface area contributed by atoms with E-state index in [2.05, 4.69) is 5.32 Å². The highest BCUT2D eigenvalue weighted by atomic mass is 32.1. The summed E-state index contributed by atoms with van der Waals surface area (Å²) in [5, 5.41) is 7.79. The minimum absolute atomic E-state index is 0.0653. The molecule has 0 unspecified atom stereocenters. The molecule has 150 valence electrons. The van der Waals surface area contributed by atoms with Crippen LogP contribution in [0.3, 0.4) is 0 Å². The van der Waals surface area contributed by atoms with Crippen LogP contribution in [-0.2, 0) is 18.5 Å². The second kappa shape index (κ2) is 8.71. The van der Waals surface area contributed by atoms with Gasteiger partial charge in [-0.15, -0.1) is 5.10 Å². The molecule has 3 aromatic rings. The summed E-state index contributed by atoms with van der Waals surface area (Å²) in [6.45, 7) is 2.60. The second-order valence-corrected chi connectivity index (χ2v) is 7.93. The van der Waals surface area contributed by atoms with Crippen LogP contribution < -0.4 is 10.2 Å². The van der Waals surface area contributed by atoms with E-state index >= 15 is 0 Å². The van der Waals surface area contributed by atoms with Gasteiger partial charge in [-0.2, -0.15) is 4.68 Å². The standard InChI is InChI=1S/C22H25N5OS/c1-25-20(17-8-4-2-5-9-17)24-27(22(25)29)16-26-14-12-18(13-15-26)21(28)23-19-10-6-3-7-11-19/h2-11,18H,12-16H2,1H3,(H,23,28)/p+1. The van der Waals surface area contributed by atoms with Gasteiger partial charge < -0.3 is 14.8 Å². The summed E-state index contributed by atoms with van der Waals surface area (Å²) in [5.74, 6) is 1.07. The first kappa shape index (κ1) is 19.5. The van der Waals surface area contributed by atoms with Crippen LogP contribution in [0.1, 0.15) is 12.8 Å². The predicted molar refractivity (Wildman–Crippen MR) is 116 cm³/mol. The third-order valence-corrected chi connectivity index (χ3v) is 6.04. The average molecular weight is 409 g/mol. The Hall–Kier alpha value is -2.77. The summed E-state index contributed by atoms with van der Waals surface area (Å²) >= 11 is 5.61. The first-order valence-corrected chi connectivity index (χ1v) is 10.4. The summed E-state index contributed by atoms with van der Waals surface area (Å²) in [6, 6.07) is 19.8. The van der Waals surface area contributed by atoms with Crippen molar-refractivity contribution in [1.29, 1.82) is 0 Å². The molecule has 6 nitrogen and oxygen atoms in total. The van der Waals surface area contributed by atoms with Gasteiger partial charge in [-0.05, 0) is 24.4 Å². The van der Waals surface area contributed by atoms with Gasteiger partial charge in [0.25, 0.3) is 0 Å². The number of anilines is 1. The molecule has 1 saturated heterocycles. The van der Waals surface area contributed by atoms with Crippen LogP contribution in [0.15, 0.2) is 60.7 Å². The molecule has 1 aliphatic heterocycles. The number of carbonyl (C=O) groups excluding carboxylic acids is 1. The molecule has 0 radical (unpaired) electrons. The first-order valence-electron chi connectivity index (χ1n) is 10.0. The molecule has 0 aliphatic carbocycles. The zero-order valence-corrected chi connectivity index (χ0v) is 17.4. The Morgan fingerprint density at radius 2 is 1.72 bits per heavy atom. The second-order valence-electron chi connectivity index (χ2n) is 7.57. The van der Waals surface area contributed by atoms with E-state index in [4.69, 9.17) is 17.3 Å². The summed E-state index contributed by atoms with van der Waals surface area (Å²) in [6.07, 6.45) is 1.75. The van der Waals surface area contributed by atoms with E-state index in [0.717, 1.165) is 54.4 Å². The Morgan fingerprint density at radius 3 is 2.38 bits per heavy atom. The summed E-state index contributed by atoms with van der Waals surface area (Å²) < 4.78 is 4.60. The van der Waals surface area contributed by atoms with Crippen molar-refractivity contribution < 1.29 is 9.69 Å². The van der Waals surface area contributed by atoms with Crippen LogP contribution >= 0.6 is 12.2 Å². The van der Waals surface area contributed by atoms with E-state index in [0.29, 0.717) is 0 Å². The summed E-state index contributed by atoms with van der Waals surface area (Å²) in [4.78, 5) is 13.9. The monoisotopic (exact) mass is 408 g/mol. The van der Waals surface area contributed by atoms with Gasteiger partial charge in [0.05, 0.1) is 13.1 Å². The number of rotatable bonds is 5. The highest BCUT2D eigenvalue weighted by Crippen LogP contribution is 2.17. The quantitative estimate of drug-likeness (QED) is 0.638. The van der Waals surface area contributed by atoms with Crippen LogP contribution in [0, 0.1) is 10.7 Å². The van der Waals surface area contributed by atoms with Gasteiger partial charge in [-0.3, -0.25) is 4.79 Å². The van der Waals surface area contributed by atoms with Crippen molar-refractivity contribution in [2.24, 2.45) is 13.0 Å². The zero-order valence-electron chi connectivity index (χ0n) is 16.5. The number of carbonyl (C=O) groups is 1. The first-order chi connectivity index (χ1) is 14.1. The number of para-hydroxylation sites is 1. The van der Waals surface area contributed by atoms with E-state index in [-0.39, 0.29) is 11.8 Å². The van der Waals surface area contributed by atoms with Crippen molar-refractivity contribution >= 4 is 23.8 Å². The lowest BCUT2D eigenvalue weighted by Crippen LogP contribution is -3.12. The Balaban J connectivity index is 1.37. The molecule has 2 N–H and O–H groups in total. The minimum atomic E-state index is 0.0653. The summed E-state index contributed by atoms with van der Waals surface area (Å²) in [7, 11) is 1.96. The number of nitrogens with zero attached hydrogens (tertiary/aromatic N) is 3. The van der Waals surface area contributed by atoms with Crippen LogP contribution in [0.2, 0.25) is 0 Å². The molecule has 7 heteroatoms. The molecular weight excluding hydrogens is 382 g/mol. The Morgan fingerprint density at radius 1 is 1.10 bits per heavy atom. The van der Waals surface area contributed by atoms with Crippen molar-refractivity contribution in [3.63, 3.8) is 0 Å². The van der Waals surface area contributed by atoms with Gasteiger partial charge in [-0.1, -0.05) is 48.5 Å². The third kappa shape index (κ3) is 4.46. The maximum atomic E-state index is 12.5. The largest absolute Gasteiger partial charge is 0.326 e. The minimum Gasteiger partial charge on any atom is -0.326 e. The smallest absolute Gasteiger partial charge is 0.227 e. The molecule has 2 aromatic carbocycles. The van der Waals surface area contributed by atoms with E-state index in [1.807, 2.05) is 77.0 Å². The molecule has 0 atom stereocenters. The number of piperidine rings is 1. The van der Waals surface area contributed by atoms with Crippen molar-refractivity contribution in [3.8, 4) is 11.4 Å². The maximum absolute atomic E-state index is 12.5. The molecular formula is C22H26N5OS+. The molecule has 1 fully saturated rings. The van der Waals surface area contributed by atoms with E-state index in [1.165, 1.54) is 4.90 Å². The van der Waals surface area contributed by atoms with Crippen molar-refractivity contribution in [2.45, 2.75) is 19.5 Å². The number of benzene rings is 2. The van der Waals surface area contributed by atoms with Gasteiger partial charge in [0.2, 0.25) is 10.7 Å². The average Bonchev–Trinajstić information content (AvgIpc) is 3.04. The van der Waals surface area contributed by atoms with E-state index in [9.17, 15) is 4.79 Å². The van der Waals surface area contributed by atoms with Crippen LogP contribution in [-0.4, -0.2) is 33.3 Å². The fourth-order valence-electron chi connectivity index (χ4n) is 3.85. The fraction of sp³-hybridized carbons (Fsp3) is 0.318. The molecule has 1 aromatic heterocycles. The third-order valence-electron chi connectivity index (χ3n) is 5.55. The number of hydrogen-bond acceptors (Lipinski definition) is 3. The van der Waals surface area contributed by atoms with Crippen LogP contribution in [0.5, 0.6) is 0 Å². The summed E-state index contributed by atoms with van der Waals surface area (Å²) in [5.41, 5.74) is 1.92. The maximum Gasteiger partial charge on any atom is 0.227 e. The van der Waals surface area contributed by atoms with Gasteiger partial charge in [-0.25, -0.2) is 0 Å². The normalized spacial score (nSPS) is 19.1. The van der Waals surface area contributed by atoms with Gasteiger partial charge in [0.1, 0.15) is 0 Å². The van der Waals surface area contributed by atoms with Gasteiger partial charge >= 0.3 is 0 Å². The lowest BCUT2D eigenvalue weighted by molar-refractivity contribution is -0.928. The van der Waals surface area contributed by atoms with E-state index in [1.54, 1.807) is 0 Å². The molecule has 0 spiro atoms. The molecule has 4 rings (SSSR count). The van der Waals surface area contributed by atoms with Crippen molar-refractivity contribution in [3.05, 3.63) is 65.4 Å². The Bertz CT molecular complexity index is 1020. The lowest BCUT2D eigenvalue weighted by Gasteiger charge is -2.28. The molecule has 2 heterocycles. The van der Waals surface area contributed by atoms with Gasteiger partial charge in [0, 0.05) is 37.1 Å². The number of hydrogen-bond donors (Lipinski definition) is 2. The molecule has 0 saturated carbocycles. The van der Waals surface area contributed by atoms with Crippen LogP contribution in [0.25, 0.3) is 11.4 Å². The van der Waals surface area contributed by atoms with E-state index < -0.39 is 0 Å². The number of amides is 1. The predicted octanol–water partition coefficient (Wildman–Crippen LogP) is 2.51. The van der Waals surface area contributed by atoms with Crippen LogP contribution in [0.4, 0.5) is 5.69 Å². The lowest BCUT2D eigenvalue weighted by atomic mass is 9.96. The molecule has 1 amide bonds. The topological polar surface area (TPSA) is 56.3 Å². The molecule has 29 heavy (non-hydrogen) atoms. The number of aromatic nitrogens is 3. The number of likely N-dealkylation sites (tertiary alicyclic amines) is 1. The zero-order chi connectivity index (χ0) is 20.2. The molecule has 0 bridgehead atoms. The Kier molecular flexibility index (Phi) is 5.87. The molecule has 1 aliphatic rings. The fourth-order valence-corrected chi connectivity index (χ4v) is 4.05. The number of nitrogens with one attached hydrogen (secondary N) is 2. The highest BCUT2D eigenvalue weighted by molar-refractivity contribution is 7.71. The number of quaternary nitrogens is 1.